The number of hydrogen-bond acceptors (Lipinski definition) is 1. The van der Waals surface area contributed by atoms with Crippen molar-refractivity contribution in [3.05, 3.63) is 72.3 Å². The molecule has 0 saturated carbocycles. The van der Waals surface area contributed by atoms with Crippen molar-refractivity contribution >= 4 is 43.5 Å². The van der Waals surface area contributed by atoms with Gasteiger partial charge in [-0.1, -0.05) is 61.9 Å². The van der Waals surface area contributed by atoms with Gasteiger partial charge < -0.3 is 4.42 Å². The highest BCUT2D eigenvalue weighted by Crippen LogP contribution is 2.36. The van der Waals surface area contributed by atoms with E-state index in [1.54, 1.807) is 0 Å². The van der Waals surface area contributed by atoms with Crippen LogP contribution in [0.3, 0.4) is 0 Å². The molecule has 0 spiro atoms. The highest BCUT2D eigenvalue weighted by atomic mass is 16.3. The van der Waals surface area contributed by atoms with Gasteiger partial charge in [0.1, 0.15) is 11.2 Å². The summed E-state index contributed by atoms with van der Waals surface area (Å²) < 4.78 is 6.19. The van der Waals surface area contributed by atoms with E-state index < -0.39 is 0 Å². The maximum absolute atomic E-state index is 6.19. The first-order valence-electron chi connectivity index (χ1n) is 9.11. The molecule has 5 rings (SSSR count). The Morgan fingerprint density at radius 1 is 0.720 bits per heavy atom. The molecule has 0 saturated heterocycles. The van der Waals surface area contributed by atoms with Crippen molar-refractivity contribution in [1.29, 1.82) is 0 Å². The van der Waals surface area contributed by atoms with Gasteiger partial charge in [-0.15, -0.1) is 0 Å². The van der Waals surface area contributed by atoms with E-state index in [4.69, 9.17) is 4.42 Å². The second-order valence-corrected chi connectivity index (χ2v) is 6.86. The van der Waals surface area contributed by atoms with Crippen LogP contribution in [0.15, 0.2) is 71.1 Å². The largest absolute Gasteiger partial charge is 0.455 e. The zero-order valence-electron chi connectivity index (χ0n) is 14.4. The summed E-state index contributed by atoms with van der Waals surface area (Å²) in [5.41, 5.74) is 3.38. The molecule has 0 aliphatic carbocycles. The van der Waals surface area contributed by atoms with Gasteiger partial charge in [-0.2, -0.15) is 0 Å². The average Bonchev–Trinajstić information content (AvgIpc) is 3.04. The predicted octanol–water partition coefficient (Wildman–Crippen LogP) is 7.24. The first kappa shape index (κ1) is 14.5. The molecule has 0 aliphatic rings. The molecular formula is C24H20O. The van der Waals surface area contributed by atoms with Gasteiger partial charge in [-0.05, 0) is 52.8 Å². The maximum Gasteiger partial charge on any atom is 0.143 e. The first-order valence-corrected chi connectivity index (χ1v) is 9.11. The lowest BCUT2D eigenvalue weighted by molar-refractivity contribution is 0.672. The van der Waals surface area contributed by atoms with Crippen LogP contribution in [-0.2, 0) is 6.42 Å². The highest BCUT2D eigenvalue weighted by Gasteiger charge is 2.11. The van der Waals surface area contributed by atoms with Crippen LogP contribution >= 0.6 is 0 Å². The van der Waals surface area contributed by atoms with Crippen LogP contribution in [0.25, 0.3) is 43.5 Å². The number of hydrogen-bond donors (Lipinski definition) is 0. The number of unbranched alkanes of at least 4 members (excludes halogenated alkanes) is 1. The van der Waals surface area contributed by atoms with Crippen molar-refractivity contribution in [3.63, 3.8) is 0 Å². The SMILES string of the molecule is CCCCc1ccc2c(ccc3c2ccc2c4ccccc4oc23)c1. The fourth-order valence-electron chi connectivity index (χ4n) is 3.91. The van der Waals surface area contributed by atoms with Gasteiger partial charge in [-0.3, -0.25) is 0 Å². The van der Waals surface area contributed by atoms with Crippen molar-refractivity contribution in [2.75, 3.05) is 0 Å². The third-order valence-corrected chi connectivity index (χ3v) is 5.24. The number of fused-ring (bicyclic) bond motifs is 7. The van der Waals surface area contributed by atoms with E-state index in [1.165, 1.54) is 50.7 Å². The van der Waals surface area contributed by atoms with E-state index in [2.05, 4.69) is 61.5 Å². The Kier molecular flexibility index (Phi) is 3.27. The van der Waals surface area contributed by atoms with Crippen LogP contribution in [0.5, 0.6) is 0 Å². The molecule has 0 amide bonds. The van der Waals surface area contributed by atoms with Crippen molar-refractivity contribution in [3.8, 4) is 0 Å². The number of furan rings is 1. The van der Waals surface area contributed by atoms with Crippen LogP contribution in [0.2, 0.25) is 0 Å². The van der Waals surface area contributed by atoms with Gasteiger partial charge in [0, 0.05) is 16.2 Å². The lowest BCUT2D eigenvalue weighted by Gasteiger charge is -2.07. The molecular weight excluding hydrogens is 304 g/mol. The molecule has 4 aromatic carbocycles. The number of benzene rings is 4. The van der Waals surface area contributed by atoms with Crippen LogP contribution in [-0.4, -0.2) is 0 Å². The zero-order valence-corrected chi connectivity index (χ0v) is 14.4. The van der Waals surface area contributed by atoms with Gasteiger partial charge in [-0.25, -0.2) is 0 Å². The van der Waals surface area contributed by atoms with Crippen molar-refractivity contribution < 1.29 is 4.42 Å². The molecule has 25 heavy (non-hydrogen) atoms. The molecule has 0 unspecified atom stereocenters. The Hall–Kier alpha value is -2.80. The maximum atomic E-state index is 6.19. The van der Waals surface area contributed by atoms with Crippen LogP contribution in [0.4, 0.5) is 0 Å². The molecule has 122 valence electrons. The Balaban J connectivity index is 1.79. The molecule has 5 aromatic rings. The fourth-order valence-corrected chi connectivity index (χ4v) is 3.91. The zero-order chi connectivity index (χ0) is 16.8. The Bertz CT molecular complexity index is 1230. The summed E-state index contributed by atoms with van der Waals surface area (Å²) in [7, 11) is 0. The summed E-state index contributed by atoms with van der Waals surface area (Å²) in [6.07, 6.45) is 3.64. The van der Waals surface area contributed by atoms with Crippen molar-refractivity contribution in [1.82, 2.24) is 0 Å². The molecule has 0 fully saturated rings. The normalized spacial score (nSPS) is 11.9. The van der Waals surface area contributed by atoms with Crippen LogP contribution < -0.4 is 0 Å². The second-order valence-electron chi connectivity index (χ2n) is 6.86. The first-order chi connectivity index (χ1) is 12.3. The monoisotopic (exact) mass is 324 g/mol. The Morgan fingerprint density at radius 3 is 2.40 bits per heavy atom. The summed E-state index contributed by atoms with van der Waals surface area (Å²) in [4.78, 5) is 0. The van der Waals surface area contributed by atoms with Gasteiger partial charge in [0.15, 0.2) is 0 Å². The summed E-state index contributed by atoms with van der Waals surface area (Å²) in [5.74, 6) is 0. The molecule has 0 N–H and O–H groups in total. The standard InChI is InChI=1S/C24H20O/c1-2-3-6-16-9-11-18-17(15-16)10-12-21-19(18)13-14-22-20-7-4-5-8-23(20)25-24(21)22/h4-5,7-15H,2-3,6H2,1H3. The molecule has 0 atom stereocenters. The van der Waals surface area contributed by atoms with Gasteiger partial charge in [0.05, 0.1) is 0 Å². The van der Waals surface area contributed by atoms with Gasteiger partial charge >= 0.3 is 0 Å². The Morgan fingerprint density at radius 2 is 1.48 bits per heavy atom. The summed E-state index contributed by atoms with van der Waals surface area (Å²) in [6, 6.07) is 24.1. The van der Waals surface area contributed by atoms with E-state index in [-0.39, 0.29) is 0 Å². The number of rotatable bonds is 3. The molecule has 1 aromatic heterocycles. The topological polar surface area (TPSA) is 13.1 Å². The molecule has 0 aliphatic heterocycles. The van der Waals surface area contributed by atoms with E-state index >= 15 is 0 Å². The van der Waals surface area contributed by atoms with Crippen LogP contribution in [0.1, 0.15) is 25.3 Å². The van der Waals surface area contributed by atoms with E-state index in [9.17, 15) is 0 Å². The highest BCUT2D eigenvalue weighted by molar-refractivity contribution is 6.20. The smallest absolute Gasteiger partial charge is 0.143 e. The number of para-hydroxylation sites is 1. The quantitative estimate of drug-likeness (QED) is 0.319. The minimum Gasteiger partial charge on any atom is -0.455 e. The molecule has 1 heteroatoms. The van der Waals surface area contributed by atoms with E-state index in [0.29, 0.717) is 0 Å². The van der Waals surface area contributed by atoms with Crippen molar-refractivity contribution in [2.24, 2.45) is 0 Å². The second kappa shape index (κ2) is 5.63. The number of aryl methyl sites for hydroxylation is 1. The lowest BCUT2D eigenvalue weighted by atomic mass is 9.97. The molecule has 0 bridgehead atoms. The molecule has 0 radical (unpaired) electrons. The third-order valence-electron chi connectivity index (χ3n) is 5.24. The van der Waals surface area contributed by atoms with E-state index in [0.717, 1.165) is 17.6 Å². The fraction of sp³-hybridized carbons (Fsp3) is 0.167. The van der Waals surface area contributed by atoms with Crippen molar-refractivity contribution in [2.45, 2.75) is 26.2 Å². The molecule has 1 heterocycles. The van der Waals surface area contributed by atoms with Gasteiger partial charge in [0.25, 0.3) is 0 Å². The molecule has 1 nitrogen and oxygen atoms in total. The minimum atomic E-state index is 0.958. The average molecular weight is 324 g/mol. The van der Waals surface area contributed by atoms with Gasteiger partial charge in [0.2, 0.25) is 0 Å². The summed E-state index contributed by atoms with van der Waals surface area (Å²) in [6.45, 7) is 2.24. The van der Waals surface area contributed by atoms with E-state index in [1.807, 2.05) is 12.1 Å². The predicted molar refractivity (Wildman–Crippen MR) is 107 cm³/mol. The third kappa shape index (κ3) is 2.23. The lowest BCUT2D eigenvalue weighted by Crippen LogP contribution is -1.86. The van der Waals surface area contributed by atoms with Crippen LogP contribution in [0, 0.1) is 0 Å². The summed E-state index contributed by atoms with van der Waals surface area (Å²) in [5, 5.41) is 7.47. The Labute approximate surface area is 146 Å². The minimum absolute atomic E-state index is 0.958. The summed E-state index contributed by atoms with van der Waals surface area (Å²) >= 11 is 0.